The molecule has 1 amide bonds. The molecule has 1 unspecified atom stereocenters. The van der Waals surface area contributed by atoms with Gasteiger partial charge in [0.1, 0.15) is 11.6 Å². The minimum absolute atomic E-state index is 0.169. The lowest BCUT2D eigenvalue weighted by Gasteiger charge is -2.29. The smallest absolute Gasteiger partial charge is 0.275 e. The standard InChI is InChI=1S/C18H25N3OS/c1-13-7-3-4-8-14(13)19-17(22)11-21(2)12-18-20-15-9-5-6-10-16(15)23-18/h5-6,9-10,13-14H,3-4,7-8,11-12H2,1-2H3,(H,19,22)/p+1/t13-,14-/m0/s1. The molecule has 124 valence electrons. The van der Waals surface area contributed by atoms with Crippen LogP contribution in [0, 0.1) is 5.92 Å². The second-order valence-corrected chi connectivity index (χ2v) is 7.94. The van der Waals surface area contributed by atoms with Crippen LogP contribution in [0.1, 0.15) is 37.6 Å². The number of fused-ring (bicyclic) bond motifs is 1. The highest BCUT2D eigenvalue weighted by molar-refractivity contribution is 7.18. The molecule has 0 aliphatic heterocycles. The van der Waals surface area contributed by atoms with Crippen LogP contribution in [0.25, 0.3) is 10.2 Å². The first-order chi connectivity index (χ1) is 11.1. The van der Waals surface area contributed by atoms with Crippen molar-refractivity contribution in [3.05, 3.63) is 29.3 Å². The Balaban J connectivity index is 1.52. The lowest BCUT2D eigenvalue weighted by atomic mass is 9.86. The Hall–Kier alpha value is -1.46. The van der Waals surface area contributed by atoms with E-state index < -0.39 is 0 Å². The molecule has 0 spiro atoms. The minimum atomic E-state index is 0.169. The molecule has 1 saturated carbocycles. The lowest BCUT2D eigenvalue weighted by Crippen LogP contribution is -3.09. The van der Waals surface area contributed by atoms with Gasteiger partial charge in [-0.25, -0.2) is 4.98 Å². The van der Waals surface area contributed by atoms with Gasteiger partial charge in [0.15, 0.2) is 6.54 Å². The van der Waals surface area contributed by atoms with Crippen LogP contribution in [0.3, 0.4) is 0 Å². The number of carbonyl (C=O) groups is 1. The first-order valence-electron chi connectivity index (χ1n) is 8.57. The van der Waals surface area contributed by atoms with Crippen LogP contribution >= 0.6 is 11.3 Å². The van der Waals surface area contributed by atoms with Crippen molar-refractivity contribution >= 4 is 27.5 Å². The topological polar surface area (TPSA) is 46.4 Å². The lowest BCUT2D eigenvalue weighted by molar-refractivity contribution is -0.885. The van der Waals surface area contributed by atoms with Crippen LogP contribution in [0.5, 0.6) is 0 Å². The van der Waals surface area contributed by atoms with Gasteiger partial charge in [-0.1, -0.05) is 31.9 Å². The normalized spacial score (nSPS) is 22.9. The van der Waals surface area contributed by atoms with Crippen molar-refractivity contribution in [3.63, 3.8) is 0 Å². The van der Waals surface area contributed by atoms with Crippen molar-refractivity contribution in [2.75, 3.05) is 13.6 Å². The van der Waals surface area contributed by atoms with Crippen molar-refractivity contribution in [2.24, 2.45) is 5.92 Å². The highest BCUT2D eigenvalue weighted by atomic mass is 32.1. The number of aromatic nitrogens is 1. The van der Waals surface area contributed by atoms with Crippen LogP contribution in [0.15, 0.2) is 24.3 Å². The van der Waals surface area contributed by atoms with Crippen LogP contribution in [0.4, 0.5) is 0 Å². The zero-order chi connectivity index (χ0) is 16.2. The van der Waals surface area contributed by atoms with Gasteiger partial charge in [0.25, 0.3) is 5.91 Å². The Kier molecular flexibility index (Phi) is 5.28. The van der Waals surface area contributed by atoms with E-state index in [-0.39, 0.29) is 5.91 Å². The van der Waals surface area contributed by atoms with E-state index in [2.05, 4.69) is 30.3 Å². The number of amides is 1. The summed E-state index contributed by atoms with van der Waals surface area (Å²) in [6.45, 7) is 3.56. The summed E-state index contributed by atoms with van der Waals surface area (Å²) in [4.78, 5) is 18.1. The van der Waals surface area contributed by atoms with E-state index in [0.29, 0.717) is 18.5 Å². The van der Waals surface area contributed by atoms with E-state index in [9.17, 15) is 4.79 Å². The molecule has 0 saturated heterocycles. The van der Waals surface area contributed by atoms with E-state index >= 15 is 0 Å². The molecule has 1 aliphatic rings. The Labute approximate surface area is 141 Å². The highest BCUT2D eigenvalue weighted by Gasteiger charge is 2.24. The molecule has 1 aromatic heterocycles. The van der Waals surface area contributed by atoms with E-state index in [1.807, 2.05) is 18.2 Å². The Morgan fingerprint density at radius 3 is 2.91 bits per heavy atom. The third kappa shape index (κ3) is 4.30. The first kappa shape index (κ1) is 16.4. The predicted molar refractivity (Wildman–Crippen MR) is 94.6 cm³/mol. The maximum absolute atomic E-state index is 12.3. The maximum atomic E-state index is 12.3. The second-order valence-electron chi connectivity index (χ2n) is 6.82. The van der Waals surface area contributed by atoms with E-state index in [0.717, 1.165) is 23.5 Å². The zero-order valence-corrected chi connectivity index (χ0v) is 14.8. The van der Waals surface area contributed by atoms with Gasteiger partial charge in [0.2, 0.25) is 0 Å². The molecule has 3 rings (SSSR count). The van der Waals surface area contributed by atoms with E-state index in [4.69, 9.17) is 0 Å². The second kappa shape index (κ2) is 7.41. The molecule has 3 atom stereocenters. The summed E-state index contributed by atoms with van der Waals surface area (Å²) in [5.74, 6) is 0.777. The maximum Gasteiger partial charge on any atom is 0.275 e. The number of quaternary nitrogens is 1. The molecule has 1 aromatic carbocycles. The number of nitrogens with zero attached hydrogens (tertiary/aromatic N) is 1. The molecule has 4 nitrogen and oxygen atoms in total. The third-order valence-corrected chi connectivity index (χ3v) is 5.75. The van der Waals surface area contributed by atoms with Crippen LogP contribution in [-0.4, -0.2) is 30.5 Å². The molecule has 5 heteroatoms. The first-order valence-corrected chi connectivity index (χ1v) is 9.38. The summed E-state index contributed by atoms with van der Waals surface area (Å²) in [5.41, 5.74) is 1.06. The summed E-state index contributed by atoms with van der Waals surface area (Å²) in [6, 6.07) is 8.57. The Morgan fingerprint density at radius 2 is 2.13 bits per heavy atom. The SMILES string of the molecule is C[C@H]1CCCC[C@@H]1NC(=O)C[NH+](C)Cc1nc2ccccc2s1. The average Bonchev–Trinajstić information content (AvgIpc) is 2.91. The van der Waals surface area contributed by atoms with Gasteiger partial charge in [0.05, 0.1) is 17.3 Å². The van der Waals surface area contributed by atoms with Crippen molar-refractivity contribution in [3.8, 4) is 0 Å². The van der Waals surface area contributed by atoms with Gasteiger partial charge in [-0.2, -0.15) is 0 Å². The predicted octanol–water partition coefficient (Wildman–Crippen LogP) is 2.01. The molecule has 2 N–H and O–H groups in total. The number of para-hydroxylation sites is 1. The number of rotatable bonds is 5. The molecule has 0 bridgehead atoms. The molecule has 1 fully saturated rings. The number of likely N-dealkylation sites (N-methyl/N-ethyl adjacent to an activating group) is 1. The van der Waals surface area contributed by atoms with E-state index in [1.165, 1.54) is 28.9 Å². The molecular formula is C18H26N3OS+. The molecule has 0 radical (unpaired) electrons. The molecule has 1 aliphatic carbocycles. The zero-order valence-electron chi connectivity index (χ0n) is 14.0. The summed E-state index contributed by atoms with van der Waals surface area (Å²) in [7, 11) is 2.07. The molecule has 2 aromatic rings. The van der Waals surface area contributed by atoms with Crippen molar-refractivity contribution in [1.29, 1.82) is 0 Å². The fraction of sp³-hybridized carbons (Fsp3) is 0.556. The van der Waals surface area contributed by atoms with Gasteiger partial charge >= 0.3 is 0 Å². The van der Waals surface area contributed by atoms with Crippen molar-refractivity contribution in [2.45, 2.75) is 45.2 Å². The largest absolute Gasteiger partial charge is 0.348 e. The number of hydrogen-bond acceptors (Lipinski definition) is 3. The van der Waals surface area contributed by atoms with Crippen molar-refractivity contribution < 1.29 is 9.69 Å². The number of hydrogen-bond donors (Lipinski definition) is 2. The number of thiazole rings is 1. The van der Waals surface area contributed by atoms with Crippen LogP contribution in [0.2, 0.25) is 0 Å². The van der Waals surface area contributed by atoms with Gasteiger partial charge in [0, 0.05) is 6.04 Å². The number of benzene rings is 1. The average molecular weight is 332 g/mol. The minimum Gasteiger partial charge on any atom is -0.348 e. The summed E-state index contributed by atoms with van der Waals surface area (Å²) in [5, 5.41) is 4.33. The van der Waals surface area contributed by atoms with Gasteiger partial charge < -0.3 is 10.2 Å². The third-order valence-electron chi connectivity index (χ3n) is 4.71. The summed E-state index contributed by atoms with van der Waals surface area (Å²) < 4.78 is 1.22. The van der Waals surface area contributed by atoms with Crippen LogP contribution < -0.4 is 10.2 Å². The van der Waals surface area contributed by atoms with Crippen molar-refractivity contribution in [1.82, 2.24) is 10.3 Å². The number of nitrogens with one attached hydrogen (secondary N) is 2. The summed E-state index contributed by atoms with van der Waals surface area (Å²) in [6.07, 6.45) is 4.91. The number of carbonyl (C=O) groups excluding carboxylic acids is 1. The summed E-state index contributed by atoms with van der Waals surface area (Å²) >= 11 is 1.73. The Bertz CT molecular complexity index is 636. The van der Waals surface area contributed by atoms with E-state index in [1.54, 1.807) is 11.3 Å². The molecular weight excluding hydrogens is 306 g/mol. The fourth-order valence-electron chi connectivity index (χ4n) is 3.38. The quantitative estimate of drug-likeness (QED) is 0.880. The van der Waals surface area contributed by atoms with Crippen LogP contribution in [-0.2, 0) is 11.3 Å². The van der Waals surface area contributed by atoms with Gasteiger partial charge in [-0.05, 0) is 30.9 Å². The van der Waals surface area contributed by atoms with Gasteiger partial charge in [-0.3, -0.25) is 4.79 Å². The van der Waals surface area contributed by atoms with Gasteiger partial charge in [-0.15, -0.1) is 11.3 Å². The molecule has 1 heterocycles. The highest BCUT2D eigenvalue weighted by Crippen LogP contribution is 2.23. The Morgan fingerprint density at radius 1 is 1.35 bits per heavy atom. The fourth-order valence-corrected chi connectivity index (χ4v) is 4.46. The molecule has 23 heavy (non-hydrogen) atoms. The monoisotopic (exact) mass is 332 g/mol.